The summed E-state index contributed by atoms with van der Waals surface area (Å²) in [5, 5.41) is 19.1. The van der Waals surface area contributed by atoms with Crippen LogP contribution in [0.3, 0.4) is 0 Å². The summed E-state index contributed by atoms with van der Waals surface area (Å²) in [6, 6.07) is 2.61. The van der Waals surface area contributed by atoms with Crippen LogP contribution in [-0.4, -0.2) is 22.2 Å². The number of primary amides is 1. The Kier molecular flexibility index (Phi) is 3.98. The van der Waals surface area contributed by atoms with Crippen molar-refractivity contribution in [2.45, 2.75) is 12.2 Å². The highest BCUT2D eigenvalue weighted by Gasteiger charge is 2.24. The van der Waals surface area contributed by atoms with Crippen molar-refractivity contribution in [1.82, 2.24) is 0 Å². The second-order valence-corrected chi connectivity index (χ2v) is 4.00. The number of rotatable bonds is 3. The third kappa shape index (κ3) is 2.56. The monoisotopic (exact) mass is 264 g/mol. The van der Waals surface area contributed by atoms with Crippen LogP contribution in [0.15, 0.2) is 12.1 Å². The molecule has 5 nitrogen and oxygen atoms in total. The van der Waals surface area contributed by atoms with Crippen molar-refractivity contribution in [2.24, 2.45) is 5.73 Å². The van der Waals surface area contributed by atoms with Crippen LogP contribution in [-0.2, 0) is 4.79 Å². The lowest BCUT2D eigenvalue weighted by molar-refractivity contribution is -0.131. The van der Waals surface area contributed by atoms with Crippen molar-refractivity contribution in [3.8, 4) is 0 Å². The number of halogens is 2. The molecule has 2 unspecified atom stereocenters. The average molecular weight is 265 g/mol. The second-order valence-electron chi connectivity index (χ2n) is 3.19. The van der Waals surface area contributed by atoms with Crippen LogP contribution in [0.5, 0.6) is 0 Å². The topological polar surface area (TPSA) is 110 Å². The van der Waals surface area contributed by atoms with E-state index in [0.29, 0.717) is 0 Å². The van der Waals surface area contributed by atoms with Crippen LogP contribution in [0.2, 0.25) is 10.0 Å². The van der Waals surface area contributed by atoms with Gasteiger partial charge in [-0.05, 0) is 17.7 Å². The van der Waals surface area contributed by atoms with E-state index < -0.39 is 18.1 Å². The average Bonchev–Trinajstić information content (AvgIpc) is 2.22. The van der Waals surface area contributed by atoms with Crippen LogP contribution in [0.1, 0.15) is 11.7 Å². The predicted molar refractivity (Wildman–Crippen MR) is 61.0 cm³/mol. The molecule has 0 aliphatic carbocycles. The minimum absolute atomic E-state index is 0.123. The van der Waals surface area contributed by atoms with E-state index >= 15 is 0 Å². The van der Waals surface area contributed by atoms with E-state index in [1.54, 1.807) is 0 Å². The summed E-state index contributed by atoms with van der Waals surface area (Å²) in [5.74, 6) is -1.04. The number of amides is 1. The van der Waals surface area contributed by atoms with Crippen molar-refractivity contribution in [3.05, 3.63) is 27.7 Å². The summed E-state index contributed by atoms with van der Waals surface area (Å²) in [5.41, 5.74) is 10.7. The molecule has 1 rings (SSSR count). The first-order chi connectivity index (χ1) is 7.34. The van der Waals surface area contributed by atoms with Crippen molar-refractivity contribution in [2.75, 3.05) is 5.73 Å². The fourth-order valence-corrected chi connectivity index (χ4v) is 1.62. The lowest BCUT2D eigenvalue weighted by Crippen LogP contribution is -2.33. The van der Waals surface area contributed by atoms with Gasteiger partial charge in [0.2, 0.25) is 5.91 Å². The minimum Gasteiger partial charge on any atom is -0.396 e. The minimum atomic E-state index is -1.73. The molecule has 0 fully saturated rings. The largest absolute Gasteiger partial charge is 0.396 e. The number of nitrogen functional groups attached to an aromatic ring is 1. The lowest BCUT2D eigenvalue weighted by atomic mass is 10.0. The molecule has 1 amide bonds. The molecule has 1 aromatic carbocycles. The summed E-state index contributed by atoms with van der Waals surface area (Å²) < 4.78 is 0. The van der Waals surface area contributed by atoms with E-state index in [1.165, 1.54) is 12.1 Å². The van der Waals surface area contributed by atoms with E-state index in [9.17, 15) is 15.0 Å². The van der Waals surface area contributed by atoms with Crippen LogP contribution < -0.4 is 11.5 Å². The molecule has 0 saturated heterocycles. The number of nitrogens with two attached hydrogens (primary N) is 2. The number of aliphatic hydroxyl groups excluding tert-OH is 2. The molecule has 0 aliphatic heterocycles. The Morgan fingerprint density at radius 3 is 2.06 bits per heavy atom. The third-order valence-electron chi connectivity index (χ3n) is 2.03. The molecule has 0 spiro atoms. The highest BCUT2D eigenvalue weighted by atomic mass is 35.5. The smallest absolute Gasteiger partial charge is 0.249 e. The van der Waals surface area contributed by atoms with Gasteiger partial charge in [0.1, 0.15) is 6.10 Å². The van der Waals surface area contributed by atoms with E-state index in [0.717, 1.165) is 0 Å². The molecule has 0 saturated carbocycles. The molecule has 0 bridgehead atoms. The molecule has 2 atom stereocenters. The molecule has 16 heavy (non-hydrogen) atoms. The summed E-state index contributed by atoms with van der Waals surface area (Å²) in [6.45, 7) is 0. The zero-order chi connectivity index (χ0) is 12.5. The van der Waals surface area contributed by atoms with Gasteiger partial charge in [-0.25, -0.2) is 0 Å². The summed E-state index contributed by atoms with van der Waals surface area (Å²) in [7, 11) is 0. The SMILES string of the molecule is NC(=O)C(O)C(O)c1cc(Cl)c(N)c(Cl)c1. The van der Waals surface area contributed by atoms with E-state index in [2.05, 4.69) is 0 Å². The Hall–Kier alpha value is -1.01. The lowest BCUT2D eigenvalue weighted by Gasteiger charge is -2.16. The van der Waals surface area contributed by atoms with E-state index in [1.807, 2.05) is 0 Å². The number of hydrogen-bond acceptors (Lipinski definition) is 4. The molecule has 1 aromatic rings. The van der Waals surface area contributed by atoms with Crippen LogP contribution >= 0.6 is 23.2 Å². The normalized spacial score (nSPS) is 14.5. The van der Waals surface area contributed by atoms with Gasteiger partial charge in [0.25, 0.3) is 0 Å². The van der Waals surface area contributed by atoms with E-state index in [4.69, 9.17) is 34.7 Å². The molecule has 0 radical (unpaired) electrons. The van der Waals surface area contributed by atoms with Crippen molar-refractivity contribution in [1.29, 1.82) is 0 Å². The van der Waals surface area contributed by atoms with Crippen molar-refractivity contribution < 1.29 is 15.0 Å². The quantitative estimate of drug-likeness (QED) is 0.595. The van der Waals surface area contributed by atoms with Crippen LogP contribution in [0.25, 0.3) is 0 Å². The first-order valence-electron chi connectivity index (χ1n) is 4.24. The first kappa shape index (κ1) is 13.1. The van der Waals surface area contributed by atoms with Crippen LogP contribution in [0.4, 0.5) is 5.69 Å². The maximum Gasteiger partial charge on any atom is 0.249 e. The molecular formula is C9H10Cl2N2O3. The number of benzene rings is 1. The summed E-state index contributed by atoms with van der Waals surface area (Å²) >= 11 is 11.5. The van der Waals surface area contributed by atoms with Gasteiger partial charge in [-0.2, -0.15) is 0 Å². The maximum absolute atomic E-state index is 10.7. The van der Waals surface area contributed by atoms with Gasteiger partial charge in [-0.1, -0.05) is 23.2 Å². The van der Waals surface area contributed by atoms with Crippen molar-refractivity contribution >= 4 is 34.8 Å². The number of anilines is 1. The van der Waals surface area contributed by atoms with Crippen molar-refractivity contribution in [3.63, 3.8) is 0 Å². The first-order valence-corrected chi connectivity index (χ1v) is 5.00. The second kappa shape index (κ2) is 4.88. The Morgan fingerprint density at radius 2 is 1.69 bits per heavy atom. The number of hydrogen-bond donors (Lipinski definition) is 4. The summed E-state index contributed by atoms with van der Waals surface area (Å²) in [4.78, 5) is 10.7. The number of carbonyl (C=O) groups excluding carboxylic acids is 1. The molecule has 0 heterocycles. The Labute approximate surface area is 102 Å². The summed E-state index contributed by atoms with van der Waals surface area (Å²) in [6.07, 6.45) is -3.22. The molecule has 7 heteroatoms. The molecular weight excluding hydrogens is 255 g/mol. The van der Waals surface area contributed by atoms with Gasteiger partial charge in [-0.3, -0.25) is 4.79 Å². The maximum atomic E-state index is 10.7. The van der Waals surface area contributed by atoms with Gasteiger partial charge < -0.3 is 21.7 Å². The van der Waals surface area contributed by atoms with Gasteiger partial charge in [0.15, 0.2) is 6.10 Å². The van der Waals surface area contributed by atoms with Gasteiger partial charge in [-0.15, -0.1) is 0 Å². The van der Waals surface area contributed by atoms with Gasteiger partial charge in [0, 0.05) is 0 Å². The Morgan fingerprint density at radius 1 is 1.25 bits per heavy atom. The zero-order valence-corrected chi connectivity index (χ0v) is 9.53. The standard InChI is InChI=1S/C9H10Cl2N2O3/c10-4-1-3(2-5(11)6(4)12)7(14)8(15)9(13)16/h1-2,7-8,14-15H,12H2,(H2,13,16). The van der Waals surface area contributed by atoms with Gasteiger partial charge >= 0.3 is 0 Å². The third-order valence-corrected chi connectivity index (χ3v) is 2.66. The highest BCUT2D eigenvalue weighted by Crippen LogP contribution is 2.32. The number of carbonyl (C=O) groups is 1. The molecule has 88 valence electrons. The zero-order valence-electron chi connectivity index (χ0n) is 8.02. The fourth-order valence-electron chi connectivity index (χ4n) is 1.11. The molecule has 0 aromatic heterocycles. The van der Waals surface area contributed by atoms with E-state index in [-0.39, 0.29) is 21.3 Å². The van der Waals surface area contributed by atoms with Crippen LogP contribution in [0, 0.1) is 0 Å². The predicted octanol–water partition coefficient (Wildman–Crippen LogP) is 0.455. The number of aliphatic hydroxyl groups is 2. The van der Waals surface area contributed by atoms with Gasteiger partial charge in [0.05, 0.1) is 15.7 Å². The Bertz CT molecular complexity index is 402. The highest BCUT2D eigenvalue weighted by molar-refractivity contribution is 6.38. The Balaban J connectivity index is 3.10. The molecule has 6 N–H and O–H groups in total. The molecule has 0 aliphatic rings. The fraction of sp³-hybridized carbons (Fsp3) is 0.222.